The number of pyridine rings is 1. The number of carbonyl (C=O) groups excluding carboxylic acids is 2. The van der Waals surface area contributed by atoms with Crippen LogP contribution in [0.1, 0.15) is 56.8 Å². The van der Waals surface area contributed by atoms with Crippen LogP contribution in [0.4, 0.5) is 35.2 Å². The van der Waals surface area contributed by atoms with E-state index >= 15 is 0 Å². The molecule has 1 aliphatic rings. The number of piperidine rings is 1. The Balaban J connectivity index is 0.00000107. The van der Waals surface area contributed by atoms with Crippen LogP contribution in [0.25, 0.3) is 0 Å². The smallest absolute Gasteiger partial charge is 0.401 e. The molecule has 46 heavy (non-hydrogen) atoms. The SMILES string of the molecule is CC(C)[NH+]1CCC(Oc2ccc(C(=O)Nc3ccc(NC(=O)Nc4cc(C(C)(C)C(F)(F)F)on4)cc3)nc2)CC1.CS(=O)(=O)[O-]. The van der Waals surface area contributed by atoms with Crippen molar-refractivity contribution in [3.63, 3.8) is 0 Å². The van der Waals surface area contributed by atoms with Crippen molar-refractivity contribution in [1.82, 2.24) is 10.1 Å². The average molecular weight is 671 g/mol. The van der Waals surface area contributed by atoms with Crippen LogP contribution in [0, 0.1) is 0 Å². The van der Waals surface area contributed by atoms with Gasteiger partial charge in [-0.2, -0.15) is 13.2 Å². The molecule has 3 amide bonds. The average Bonchev–Trinajstić information content (AvgIpc) is 3.42. The highest BCUT2D eigenvalue weighted by Gasteiger charge is 2.51. The van der Waals surface area contributed by atoms with Gasteiger partial charge in [-0.25, -0.2) is 18.2 Å². The van der Waals surface area contributed by atoms with Gasteiger partial charge in [0.2, 0.25) is 0 Å². The maximum absolute atomic E-state index is 13.2. The second-order valence-electron chi connectivity index (χ2n) is 11.5. The number of likely N-dealkylation sites (tertiary alicyclic amines) is 1. The van der Waals surface area contributed by atoms with Gasteiger partial charge in [-0.15, -0.1) is 0 Å². The van der Waals surface area contributed by atoms with Crippen molar-refractivity contribution in [3.05, 3.63) is 60.1 Å². The molecule has 13 nitrogen and oxygen atoms in total. The van der Waals surface area contributed by atoms with Crippen molar-refractivity contribution in [2.45, 2.75) is 64.3 Å². The van der Waals surface area contributed by atoms with E-state index in [-0.39, 0.29) is 17.6 Å². The first-order chi connectivity index (χ1) is 21.3. The molecular weight excluding hydrogens is 633 g/mol. The first-order valence-corrected chi connectivity index (χ1v) is 16.0. The van der Waals surface area contributed by atoms with Crippen LogP contribution < -0.4 is 25.6 Å². The number of halogens is 3. The van der Waals surface area contributed by atoms with Crippen molar-refractivity contribution < 1.29 is 49.9 Å². The van der Waals surface area contributed by atoms with Gasteiger partial charge in [0.15, 0.2) is 11.6 Å². The Morgan fingerprint density at radius 2 is 1.59 bits per heavy atom. The Bertz CT molecular complexity index is 1560. The summed E-state index contributed by atoms with van der Waals surface area (Å²) in [5, 5.41) is 11.1. The number of amides is 3. The molecule has 4 rings (SSSR count). The van der Waals surface area contributed by atoms with Crippen LogP contribution in [-0.2, 0) is 15.5 Å². The monoisotopic (exact) mass is 670 g/mol. The molecule has 1 fully saturated rings. The summed E-state index contributed by atoms with van der Waals surface area (Å²) >= 11 is 0. The largest absolute Gasteiger partial charge is 0.748 e. The quantitative estimate of drug-likeness (QED) is 0.259. The predicted molar refractivity (Wildman–Crippen MR) is 162 cm³/mol. The molecule has 0 radical (unpaired) electrons. The maximum Gasteiger partial charge on any atom is 0.401 e. The Hall–Kier alpha value is -4.22. The summed E-state index contributed by atoms with van der Waals surface area (Å²) in [5.74, 6) is -0.382. The Kier molecular flexibility index (Phi) is 11.8. The summed E-state index contributed by atoms with van der Waals surface area (Å²) in [6, 6.07) is 10.5. The number of aromatic nitrogens is 2. The molecule has 0 spiro atoms. The number of hydrogen-bond acceptors (Lipinski definition) is 9. The van der Waals surface area contributed by atoms with Crippen LogP contribution >= 0.6 is 0 Å². The van der Waals surface area contributed by atoms with E-state index in [1.165, 1.54) is 0 Å². The molecule has 252 valence electrons. The normalized spacial score (nSPS) is 17.0. The van der Waals surface area contributed by atoms with Gasteiger partial charge in [0, 0.05) is 36.5 Å². The zero-order valence-electron chi connectivity index (χ0n) is 25.9. The van der Waals surface area contributed by atoms with Crippen molar-refractivity contribution in [3.8, 4) is 5.75 Å². The third-order valence-corrected chi connectivity index (χ3v) is 7.14. The van der Waals surface area contributed by atoms with E-state index in [0.717, 1.165) is 45.8 Å². The van der Waals surface area contributed by atoms with Gasteiger partial charge >= 0.3 is 12.2 Å². The molecule has 0 aliphatic carbocycles. The Morgan fingerprint density at radius 3 is 2.09 bits per heavy atom. The van der Waals surface area contributed by atoms with Crippen molar-refractivity contribution >= 4 is 39.2 Å². The molecule has 0 bridgehead atoms. The fourth-order valence-corrected chi connectivity index (χ4v) is 4.31. The van der Waals surface area contributed by atoms with E-state index in [9.17, 15) is 22.8 Å². The molecule has 2 aromatic heterocycles. The molecule has 0 saturated carbocycles. The minimum absolute atomic E-state index is 0.142. The molecule has 1 saturated heterocycles. The molecule has 1 aromatic carbocycles. The number of urea groups is 1. The highest BCUT2D eigenvalue weighted by Crippen LogP contribution is 2.41. The zero-order valence-corrected chi connectivity index (χ0v) is 26.7. The Morgan fingerprint density at radius 1 is 1.02 bits per heavy atom. The number of anilines is 3. The molecule has 1 aliphatic heterocycles. The lowest BCUT2D eigenvalue weighted by Crippen LogP contribution is -3.16. The summed E-state index contributed by atoms with van der Waals surface area (Å²) in [4.78, 5) is 30.7. The summed E-state index contributed by atoms with van der Waals surface area (Å²) in [7, 11) is -3.92. The third-order valence-electron chi connectivity index (χ3n) is 7.14. The van der Waals surface area contributed by atoms with Gasteiger partial charge in [0.05, 0.1) is 35.4 Å². The standard InChI is InChI=1S/C28H33F3N6O4.CH4O3S/c1-17(2)37-13-11-20(12-14-37)40-21-9-10-22(32-16-21)25(38)33-18-5-7-19(8-6-18)34-26(39)35-24-15-23(41-36-24)27(3,4)28(29,30)31;1-5(2,3)4/h5-10,15-17,20H,11-14H2,1-4H3,(H,33,38)(H2,34,35,36,39);1H3,(H,2,3,4). The fraction of sp³-hybridized carbons (Fsp3) is 0.448. The summed E-state index contributed by atoms with van der Waals surface area (Å²) < 4.78 is 77.6. The molecular formula is C29H37F3N6O7S. The van der Waals surface area contributed by atoms with E-state index < -0.39 is 39.4 Å². The van der Waals surface area contributed by atoms with Crippen molar-refractivity contribution in [2.75, 3.05) is 35.3 Å². The highest BCUT2D eigenvalue weighted by molar-refractivity contribution is 7.84. The van der Waals surface area contributed by atoms with Gasteiger partial charge < -0.3 is 29.3 Å². The van der Waals surface area contributed by atoms with Crippen LogP contribution in [0.3, 0.4) is 0 Å². The van der Waals surface area contributed by atoms with Crippen LogP contribution in [-0.4, -0.2) is 72.7 Å². The molecule has 0 unspecified atom stereocenters. The number of quaternary nitrogens is 1. The number of hydrogen-bond donors (Lipinski definition) is 4. The van der Waals surface area contributed by atoms with Gasteiger partial charge in [-0.3, -0.25) is 10.1 Å². The van der Waals surface area contributed by atoms with Crippen LogP contribution in [0.5, 0.6) is 5.75 Å². The van der Waals surface area contributed by atoms with E-state index in [2.05, 4.69) is 39.9 Å². The van der Waals surface area contributed by atoms with Crippen LogP contribution in [0.15, 0.2) is 53.2 Å². The lowest BCUT2D eigenvalue weighted by atomic mass is 9.89. The summed E-state index contributed by atoms with van der Waals surface area (Å²) in [6.45, 7) is 8.50. The van der Waals surface area contributed by atoms with E-state index in [1.807, 2.05) is 0 Å². The fourth-order valence-electron chi connectivity index (χ4n) is 4.31. The third kappa shape index (κ3) is 11.0. The Labute approximate surface area is 264 Å². The molecule has 4 N–H and O–H groups in total. The van der Waals surface area contributed by atoms with Crippen molar-refractivity contribution in [1.29, 1.82) is 0 Å². The molecule has 17 heteroatoms. The van der Waals surface area contributed by atoms with Gasteiger partial charge in [-0.1, -0.05) is 5.16 Å². The lowest BCUT2D eigenvalue weighted by molar-refractivity contribution is -0.926. The first kappa shape index (κ1) is 36.3. The maximum atomic E-state index is 13.2. The zero-order chi connectivity index (χ0) is 34.3. The number of nitrogens with zero attached hydrogens (tertiary/aromatic N) is 2. The number of benzene rings is 1. The molecule has 0 atom stereocenters. The summed E-state index contributed by atoms with van der Waals surface area (Å²) in [5.41, 5.74) is -1.20. The van der Waals surface area contributed by atoms with E-state index in [1.54, 1.807) is 47.5 Å². The minimum Gasteiger partial charge on any atom is -0.748 e. The number of carbonyl (C=O) groups is 2. The topological polar surface area (TPSA) is 180 Å². The van der Waals surface area contributed by atoms with E-state index in [4.69, 9.17) is 22.2 Å². The summed E-state index contributed by atoms with van der Waals surface area (Å²) in [6.07, 6.45) is -0.309. The van der Waals surface area contributed by atoms with E-state index in [0.29, 0.717) is 29.4 Å². The molecule has 3 aromatic rings. The number of rotatable bonds is 8. The predicted octanol–water partition coefficient (Wildman–Crippen LogP) is 3.80. The van der Waals surface area contributed by atoms with Gasteiger partial charge in [0.1, 0.15) is 23.0 Å². The highest BCUT2D eigenvalue weighted by atomic mass is 32.2. The number of ether oxygens (including phenoxy) is 1. The minimum atomic E-state index is -4.55. The van der Waals surface area contributed by atoms with Gasteiger partial charge in [0.25, 0.3) is 5.91 Å². The second-order valence-corrected chi connectivity index (χ2v) is 12.9. The first-order valence-electron chi connectivity index (χ1n) is 14.2. The van der Waals surface area contributed by atoms with Crippen LogP contribution in [0.2, 0.25) is 0 Å². The lowest BCUT2D eigenvalue weighted by Gasteiger charge is -2.31. The van der Waals surface area contributed by atoms with Gasteiger partial charge in [-0.05, 0) is 64.1 Å². The number of nitrogens with one attached hydrogen (secondary N) is 4. The molecule has 3 heterocycles. The number of alkyl halides is 3. The van der Waals surface area contributed by atoms with Crippen molar-refractivity contribution in [2.24, 2.45) is 0 Å². The second kappa shape index (κ2) is 14.9.